The summed E-state index contributed by atoms with van der Waals surface area (Å²) in [6.45, 7) is 4.19. The summed E-state index contributed by atoms with van der Waals surface area (Å²) in [5.74, 6) is -0.0626. The van der Waals surface area contributed by atoms with Crippen LogP contribution in [0.2, 0.25) is 0 Å². The fourth-order valence-corrected chi connectivity index (χ4v) is 3.65. The number of aldehydes is 1. The molecule has 3 heteroatoms. The summed E-state index contributed by atoms with van der Waals surface area (Å²) in [4.78, 5) is 11.4. The van der Waals surface area contributed by atoms with Gasteiger partial charge in [-0.15, -0.1) is 0 Å². The summed E-state index contributed by atoms with van der Waals surface area (Å²) in [5.41, 5.74) is 3.37. The average molecular weight is 332 g/mol. The van der Waals surface area contributed by atoms with Crippen molar-refractivity contribution < 1.29 is 4.79 Å². The van der Waals surface area contributed by atoms with Gasteiger partial charge in [0.05, 0.1) is 5.37 Å². The van der Waals surface area contributed by atoms with Crippen LogP contribution in [0.15, 0.2) is 30.8 Å². The second-order valence-electron chi connectivity index (χ2n) is 6.54. The molecule has 0 aromatic heterocycles. The molecule has 0 radical (unpaired) electrons. The molecule has 2 rings (SSSR count). The predicted molar refractivity (Wildman–Crippen MR) is 102 cm³/mol. The zero-order valence-corrected chi connectivity index (χ0v) is 14.9. The highest BCUT2D eigenvalue weighted by molar-refractivity contribution is 7.81. The molecule has 2 atom stereocenters. The third-order valence-corrected chi connectivity index (χ3v) is 5.24. The molecular formula is C20H29NOS. The number of carbonyl (C=O) groups excluding carboxylic acids is 1. The smallest absolute Gasteiger partial charge is 0.125 e. The quantitative estimate of drug-likeness (QED) is 0.560. The molecule has 0 bridgehead atoms. The molecule has 0 aliphatic carbocycles. The zero-order chi connectivity index (χ0) is 16.5. The Kier molecular flexibility index (Phi) is 7.73. The Morgan fingerprint density at radius 2 is 1.70 bits per heavy atom. The number of benzene rings is 1. The molecule has 1 N–H and O–H groups in total. The van der Waals surface area contributed by atoms with Crippen molar-refractivity contribution in [3.05, 3.63) is 42.0 Å². The van der Waals surface area contributed by atoms with E-state index >= 15 is 0 Å². The third-order valence-electron chi connectivity index (χ3n) is 4.73. The van der Waals surface area contributed by atoms with E-state index in [2.05, 4.69) is 42.7 Å². The van der Waals surface area contributed by atoms with Crippen LogP contribution in [0.1, 0.15) is 62.5 Å². The monoisotopic (exact) mass is 331 g/mol. The summed E-state index contributed by atoms with van der Waals surface area (Å²) in [6.07, 6.45) is 11.8. The molecule has 1 aliphatic rings. The minimum absolute atomic E-state index is 0.0626. The van der Waals surface area contributed by atoms with Crippen molar-refractivity contribution in [2.75, 3.05) is 0 Å². The molecule has 0 saturated carbocycles. The van der Waals surface area contributed by atoms with E-state index in [0.29, 0.717) is 0 Å². The van der Waals surface area contributed by atoms with Crippen LogP contribution < -0.4 is 5.32 Å². The maximum atomic E-state index is 11.4. The predicted octanol–water partition coefficient (Wildman–Crippen LogP) is 4.99. The Labute approximate surface area is 146 Å². The molecule has 1 heterocycles. The van der Waals surface area contributed by atoms with E-state index in [9.17, 15) is 4.79 Å². The van der Waals surface area contributed by atoms with Crippen molar-refractivity contribution in [2.24, 2.45) is 5.92 Å². The van der Waals surface area contributed by atoms with Crippen LogP contribution in [0.3, 0.4) is 0 Å². The lowest BCUT2D eigenvalue weighted by Gasteiger charge is -2.23. The Morgan fingerprint density at radius 3 is 2.43 bits per heavy atom. The van der Waals surface area contributed by atoms with Crippen molar-refractivity contribution >= 4 is 24.6 Å². The Hall–Kier alpha value is -1.22. The first-order chi connectivity index (χ1) is 11.2. The molecule has 1 aromatic rings. The van der Waals surface area contributed by atoms with Gasteiger partial charge in [-0.25, -0.2) is 0 Å². The van der Waals surface area contributed by atoms with E-state index in [1.807, 2.05) is 6.07 Å². The standard InChI is InChI=1S/C20H29NOS/c1-16-19-14-10-9-12-17(19)11-7-5-3-2-4-6-8-13-18(15-22)20(23)21-16/h9-10,12,14-15,18,20-21,23H,1-8,11,13H2. The first kappa shape index (κ1) is 18.1. The molecule has 0 amide bonds. The van der Waals surface area contributed by atoms with Crippen molar-refractivity contribution in [1.29, 1.82) is 0 Å². The van der Waals surface area contributed by atoms with Gasteiger partial charge in [-0.3, -0.25) is 0 Å². The Balaban J connectivity index is 2.13. The lowest BCUT2D eigenvalue weighted by molar-refractivity contribution is -0.111. The van der Waals surface area contributed by atoms with Crippen LogP contribution in [0.4, 0.5) is 0 Å². The summed E-state index contributed by atoms with van der Waals surface area (Å²) >= 11 is 4.62. The van der Waals surface area contributed by atoms with Gasteiger partial charge in [0.25, 0.3) is 0 Å². The number of hydrogen-bond donors (Lipinski definition) is 2. The number of hydrogen-bond acceptors (Lipinski definition) is 3. The molecule has 126 valence electrons. The van der Waals surface area contributed by atoms with Crippen LogP contribution in [0, 0.1) is 5.92 Å². The molecule has 2 nitrogen and oxygen atoms in total. The number of nitrogens with one attached hydrogen (secondary N) is 1. The largest absolute Gasteiger partial charge is 0.373 e. The van der Waals surface area contributed by atoms with E-state index in [4.69, 9.17) is 0 Å². The second-order valence-corrected chi connectivity index (χ2v) is 7.09. The third kappa shape index (κ3) is 5.72. The number of thiol groups is 1. The van der Waals surface area contributed by atoms with Gasteiger partial charge in [0, 0.05) is 17.2 Å². The summed E-state index contributed by atoms with van der Waals surface area (Å²) in [7, 11) is 0. The van der Waals surface area contributed by atoms with Crippen LogP contribution in [-0.2, 0) is 11.2 Å². The normalized spacial score (nSPS) is 24.7. The van der Waals surface area contributed by atoms with Crippen LogP contribution in [-0.4, -0.2) is 11.7 Å². The topological polar surface area (TPSA) is 29.1 Å². The van der Waals surface area contributed by atoms with E-state index in [-0.39, 0.29) is 11.3 Å². The van der Waals surface area contributed by atoms with Gasteiger partial charge >= 0.3 is 0 Å². The molecule has 0 spiro atoms. The van der Waals surface area contributed by atoms with Gasteiger partial charge in [0.15, 0.2) is 0 Å². The van der Waals surface area contributed by atoms with Crippen molar-refractivity contribution in [3.63, 3.8) is 0 Å². The lowest BCUT2D eigenvalue weighted by Crippen LogP contribution is -2.31. The van der Waals surface area contributed by atoms with E-state index in [1.165, 1.54) is 44.1 Å². The fraction of sp³-hybridized carbons (Fsp3) is 0.550. The SMILES string of the molecule is C=C1NC(S)C(C=O)CCCCCCCCCc2ccccc21. The van der Waals surface area contributed by atoms with Gasteiger partial charge in [0.2, 0.25) is 0 Å². The van der Waals surface area contributed by atoms with Crippen LogP contribution in [0.5, 0.6) is 0 Å². The van der Waals surface area contributed by atoms with Gasteiger partial charge in [-0.1, -0.05) is 69.4 Å². The van der Waals surface area contributed by atoms with Crippen LogP contribution >= 0.6 is 12.6 Å². The maximum Gasteiger partial charge on any atom is 0.125 e. The van der Waals surface area contributed by atoms with Crippen molar-refractivity contribution in [2.45, 2.75) is 63.2 Å². The highest BCUT2D eigenvalue weighted by Crippen LogP contribution is 2.23. The molecule has 1 aromatic carbocycles. The Morgan fingerprint density at radius 1 is 1.04 bits per heavy atom. The molecule has 2 unspecified atom stereocenters. The number of carbonyl (C=O) groups is 1. The first-order valence-corrected chi connectivity index (χ1v) is 9.41. The molecule has 0 saturated heterocycles. The minimum Gasteiger partial charge on any atom is -0.373 e. The highest BCUT2D eigenvalue weighted by Gasteiger charge is 2.18. The van der Waals surface area contributed by atoms with Gasteiger partial charge < -0.3 is 10.1 Å². The molecule has 23 heavy (non-hydrogen) atoms. The Bertz CT molecular complexity index is 514. The fourth-order valence-electron chi connectivity index (χ4n) is 3.28. The van der Waals surface area contributed by atoms with Crippen LogP contribution in [0.25, 0.3) is 5.70 Å². The first-order valence-electron chi connectivity index (χ1n) is 8.89. The van der Waals surface area contributed by atoms with E-state index < -0.39 is 0 Å². The van der Waals surface area contributed by atoms with Crippen molar-refractivity contribution in [3.8, 4) is 0 Å². The van der Waals surface area contributed by atoms with Crippen molar-refractivity contribution in [1.82, 2.24) is 5.32 Å². The second kappa shape index (κ2) is 9.82. The molecule has 1 aliphatic heterocycles. The summed E-state index contributed by atoms with van der Waals surface area (Å²) in [5, 5.41) is 3.18. The lowest BCUT2D eigenvalue weighted by atomic mass is 9.99. The maximum absolute atomic E-state index is 11.4. The van der Waals surface area contributed by atoms with E-state index in [0.717, 1.165) is 36.8 Å². The number of fused-ring (bicyclic) bond motifs is 1. The average Bonchev–Trinajstić information content (AvgIpc) is 2.56. The zero-order valence-electron chi connectivity index (χ0n) is 14.0. The summed E-state index contributed by atoms with van der Waals surface area (Å²) < 4.78 is 0. The molecular weight excluding hydrogens is 302 g/mol. The van der Waals surface area contributed by atoms with Gasteiger partial charge in [-0.2, -0.15) is 12.6 Å². The molecule has 0 fully saturated rings. The number of aryl methyl sites for hydroxylation is 1. The van der Waals surface area contributed by atoms with Gasteiger partial charge in [0.1, 0.15) is 6.29 Å². The summed E-state index contributed by atoms with van der Waals surface area (Å²) in [6, 6.07) is 8.43. The van der Waals surface area contributed by atoms with E-state index in [1.54, 1.807) is 0 Å². The van der Waals surface area contributed by atoms with Gasteiger partial charge in [-0.05, 0) is 24.8 Å². The number of rotatable bonds is 1. The highest BCUT2D eigenvalue weighted by atomic mass is 32.1. The minimum atomic E-state index is -0.168.